The van der Waals surface area contributed by atoms with Crippen LogP contribution >= 0.6 is 0 Å². The van der Waals surface area contributed by atoms with Crippen LogP contribution in [0.15, 0.2) is 0 Å². The molecule has 3 aliphatic rings. The lowest BCUT2D eigenvalue weighted by Crippen LogP contribution is -2.51. The van der Waals surface area contributed by atoms with E-state index < -0.39 is 0 Å². The molecule has 2 aliphatic heterocycles. The fourth-order valence-corrected chi connectivity index (χ4v) is 4.16. The molecule has 2 N–H and O–H groups in total. The summed E-state index contributed by atoms with van der Waals surface area (Å²) in [7, 11) is 1.92. The molecule has 108 valence electrons. The van der Waals surface area contributed by atoms with Gasteiger partial charge >= 0.3 is 0 Å². The number of rotatable bonds is 3. The Labute approximate surface area is 116 Å². The fourth-order valence-electron chi connectivity index (χ4n) is 4.16. The molecular weight excluding hydrogens is 238 g/mol. The average molecular weight is 265 g/mol. The fraction of sp³-hybridized carbons (Fsp3) is 0.933. The summed E-state index contributed by atoms with van der Waals surface area (Å²) in [5, 5.41) is 7.36. The van der Waals surface area contributed by atoms with E-state index in [0.717, 1.165) is 18.9 Å². The van der Waals surface area contributed by atoms with Crippen molar-refractivity contribution in [1.82, 2.24) is 15.5 Å². The van der Waals surface area contributed by atoms with Gasteiger partial charge in [-0.15, -0.1) is 0 Å². The molecule has 4 nitrogen and oxygen atoms in total. The van der Waals surface area contributed by atoms with Gasteiger partial charge in [0.25, 0.3) is 0 Å². The molecule has 3 fully saturated rings. The van der Waals surface area contributed by atoms with Crippen LogP contribution in [0.3, 0.4) is 0 Å². The van der Waals surface area contributed by atoms with E-state index in [-0.39, 0.29) is 6.04 Å². The van der Waals surface area contributed by atoms with Crippen LogP contribution in [-0.4, -0.2) is 49.1 Å². The second kappa shape index (κ2) is 5.80. The Hall–Kier alpha value is -0.610. The summed E-state index contributed by atoms with van der Waals surface area (Å²) in [6.45, 7) is 2.09. The molecular formula is C15H27N3O. The van der Waals surface area contributed by atoms with Crippen LogP contribution < -0.4 is 10.6 Å². The van der Waals surface area contributed by atoms with Crippen molar-refractivity contribution in [2.24, 2.45) is 5.92 Å². The van der Waals surface area contributed by atoms with Gasteiger partial charge in [0.1, 0.15) is 0 Å². The molecule has 4 unspecified atom stereocenters. The zero-order valence-corrected chi connectivity index (χ0v) is 12.0. The third kappa shape index (κ3) is 2.79. The smallest absolute Gasteiger partial charge is 0.239 e. The van der Waals surface area contributed by atoms with Crippen LogP contribution in [0.25, 0.3) is 0 Å². The first-order valence-corrected chi connectivity index (χ1v) is 8.00. The number of carbonyl (C=O) groups excluding carboxylic acids is 1. The number of carbonyl (C=O) groups is 1. The van der Waals surface area contributed by atoms with E-state index in [2.05, 4.69) is 10.6 Å². The van der Waals surface area contributed by atoms with E-state index in [9.17, 15) is 4.79 Å². The van der Waals surface area contributed by atoms with Crippen LogP contribution in [0.4, 0.5) is 0 Å². The van der Waals surface area contributed by atoms with Crippen LogP contribution in [0.2, 0.25) is 0 Å². The second-order valence-electron chi connectivity index (χ2n) is 6.53. The summed E-state index contributed by atoms with van der Waals surface area (Å²) >= 11 is 0. The van der Waals surface area contributed by atoms with E-state index >= 15 is 0 Å². The van der Waals surface area contributed by atoms with Gasteiger partial charge in [0, 0.05) is 25.7 Å². The van der Waals surface area contributed by atoms with Crippen LogP contribution in [0.1, 0.15) is 44.9 Å². The highest BCUT2D eigenvalue weighted by Gasteiger charge is 2.37. The number of nitrogens with one attached hydrogen (secondary N) is 2. The standard InChI is InChI=1S/C15H27N3O/c1-18-10-8-14(15(18)19)17-13-6-3-2-5-11(13)12-7-4-9-16-12/h11-14,16-17H,2-10H2,1H3. The van der Waals surface area contributed by atoms with Gasteiger partial charge in [-0.25, -0.2) is 0 Å². The Morgan fingerprint density at radius 1 is 1.16 bits per heavy atom. The van der Waals surface area contributed by atoms with Gasteiger partial charge in [-0.1, -0.05) is 12.8 Å². The minimum Gasteiger partial charge on any atom is -0.344 e. The van der Waals surface area contributed by atoms with E-state index in [1.54, 1.807) is 0 Å². The Morgan fingerprint density at radius 3 is 2.68 bits per heavy atom. The average Bonchev–Trinajstić information content (AvgIpc) is 3.05. The molecule has 1 amide bonds. The minimum absolute atomic E-state index is 0.0806. The SMILES string of the molecule is CN1CCC(NC2CCCCC2C2CCCN2)C1=O. The van der Waals surface area contributed by atoms with Crippen molar-refractivity contribution in [2.75, 3.05) is 20.1 Å². The molecule has 0 aromatic rings. The normalized spacial score (nSPS) is 40.1. The van der Waals surface area contributed by atoms with Gasteiger partial charge in [-0.2, -0.15) is 0 Å². The molecule has 1 saturated carbocycles. The molecule has 0 spiro atoms. The van der Waals surface area contributed by atoms with Gasteiger partial charge in [0.15, 0.2) is 0 Å². The van der Waals surface area contributed by atoms with Crippen molar-refractivity contribution in [3.05, 3.63) is 0 Å². The van der Waals surface area contributed by atoms with Gasteiger partial charge in [-0.05, 0) is 44.6 Å². The Kier molecular flexibility index (Phi) is 4.08. The largest absolute Gasteiger partial charge is 0.344 e. The molecule has 1 aliphatic carbocycles. The van der Waals surface area contributed by atoms with Crippen molar-refractivity contribution in [2.45, 2.75) is 63.1 Å². The molecule has 2 saturated heterocycles. The maximum Gasteiger partial charge on any atom is 0.239 e. The summed E-state index contributed by atoms with van der Waals surface area (Å²) in [6, 6.07) is 1.31. The van der Waals surface area contributed by atoms with Gasteiger partial charge in [0.05, 0.1) is 6.04 Å². The molecule has 4 heteroatoms. The summed E-state index contributed by atoms with van der Waals surface area (Å²) in [6.07, 6.45) is 8.87. The molecule has 0 aromatic heterocycles. The predicted octanol–water partition coefficient (Wildman–Crippen LogP) is 1.12. The highest BCUT2D eigenvalue weighted by atomic mass is 16.2. The third-order valence-electron chi connectivity index (χ3n) is 5.28. The topological polar surface area (TPSA) is 44.4 Å². The summed E-state index contributed by atoms with van der Waals surface area (Å²) in [4.78, 5) is 13.9. The lowest BCUT2D eigenvalue weighted by Gasteiger charge is -2.37. The Morgan fingerprint density at radius 2 is 2.00 bits per heavy atom. The molecule has 0 aromatic carbocycles. The zero-order valence-electron chi connectivity index (χ0n) is 12.0. The number of nitrogens with zero attached hydrogens (tertiary/aromatic N) is 1. The highest BCUT2D eigenvalue weighted by molar-refractivity contribution is 5.83. The van der Waals surface area contributed by atoms with Crippen LogP contribution in [0, 0.1) is 5.92 Å². The van der Waals surface area contributed by atoms with Crippen molar-refractivity contribution < 1.29 is 4.79 Å². The van der Waals surface area contributed by atoms with Crippen LogP contribution in [0.5, 0.6) is 0 Å². The lowest BCUT2D eigenvalue weighted by molar-refractivity contribution is -0.128. The van der Waals surface area contributed by atoms with Gasteiger partial charge in [0.2, 0.25) is 5.91 Å². The quantitative estimate of drug-likeness (QED) is 0.804. The number of likely N-dealkylation sites (tertiary alicyclic amines) is 1. The van der Waals surface area contributed by atoms with Crippen LogP contribution in [-0.2, 0) is 4.79 Å². The first-order chi connectivity index (χ1) is 9.25. The molecule has 4 atom stereocenters. The van der Waals surface area contributed by atoms with E-state index in [1.807, 2.05) is 11.9 Å². The van der Waals surface area contributed by atoms with Crippen molar-refractivity contribution in [3.63, 3.8) is 0 Å². The van der Waals surface area contributed by atoms with Crippen molar-refractivity contribution in [3.8, 4) is 0 Å². The second-order valence-corrected chi connectivity index (χ2v) is 6.53. The number of amides is 1. The Bertz CT molecular complexity index is 327. The van der Waals surface area contributed by atoms with E-state index in [0.29, 0.717) is 18.0 Å². The Balaban J connectivity index is 1.62. The number of hydrogen-bond donors (Lipinski definition) is 2. The summed E-state index contributed by atoms with van der Waals surface area (Å²) < 4.78 is 0. The molecule has 19 heavy (non-hydrogen) atoms. The first-order valence-electron chi connectivity index (χ1n) is 8.00. The predicted molar refractivity (Wildman–Crippen MR) is 75.9 cm³/mol. The monoisotopic (exact) mass is 265 g/mol. The van der Waals surface area contributed by atoms with E-state index in [1.165, 1.54) is 45.1 Å². The number of likely N-dealkylation sites (N-methyl/N-ethyl adjacent to an activating group) is 1. The maximum atomic E-state index is 12.1. The third-order valence-corrected chi connectivity index (χ3v) is 5.28. The summed E-state index contributed by atoms with van der Waals surface area (Å²) in [5.41, 5.74) is 0. The van der Waals surface area contributed by atoms with Crippen molar-refractivity contribution >= 4 is 5.91 Å². The minimum atomic E-state index is 0.0806. The zero-order chi connectivity index (χ0) is 13.2. The molecule has 0 radical (unpaired) electrons. The van der Waals surface area contributed by atoms with E-state index in [4.69, 9.17) is 0 Å². The molecule has 3 rings (SSSR count). The molecule has 2 heterocycles. The maximum absolute atomic E-state index is 12.1. The first kappa shape index (κ1) is 13.4. The van der Waals surface area contributed by atoms with Gasteiger partial charge in [-0.3, -0.25) is 4.79 Å². The number of hydrogen-bond acceptors (Lipinski definition) is 3. The molecule has 0 bridgehead atoms. The lowest BCUT2D eigenvalue weighted by atomic mass is 9.79. The highest BCUT2D eigenvalue weighted by Crippen LogP contribution is 2.31. The van der Waals surface area contributed by atoms with Crippen molar-refractivity contribution in [1.29, 1.82) is 0 Å². The summed E-state index contributed by atoms with van der Waals surface area (Å²) in [5.74, 6) is 1.03. The van der Waals surface area contributed by atoms with Gasteiger partial charge < -0.3 is 15.5 Å².